The molecular weight excluding hydrogens is 247 g/mol. The fraction of sp³-hybridized carbons (Fsp3) is 0.308. The van der Waals surface area contributed by atoms with Crippen LogP contribution >= 0.6 is 0 Å². The van der Waals surface area contributed by atoms with E-state index in [0.717, 1.165) is 5.82 Å². The van der Waals surface area contributed by atoms with Crippen LogP contribution in [0.25, 0.3) is 0 Å². The molecule has 0 aliphatic carbocycles. The SMILES string of the molecule is Cc1cccc(C(=O)NCCc2nncn2C)c1F. The van der Waals surface area contributed by atoms with Gasteiger partial charge in [0.1, 0.15) is 18.0 Å². The molecule has 1 N–H and O–H groups in total. The van der Waals surface area contributed by atoms with Crippen molar-refractivity contribution < 1.29 is 9.18 Å². The molecule has 1 aromatic carbocycles. The van der Waals surface area contributed by atoms with Crippen LogP contribution in [0.4, 0.5) is 4.39 Å². The molecule has 0 aliphatic rings. The molecule has 0 saturated carbocycles. The van der Waals surface area contributed by atoms with Gasteiger partial charge in [-0.3, -0.25) is 4.79 Å². The van der Waals surface area contributed by atoms with Crippen LogP contribution in [0.3, 0.4) is 0 Å². The van der Waals surface area contributed by atoms with Crippen molar-refractivity contribution in [2.24, 2.45) is 7.05 Å². The van der Waals surface area contributed by atoms with Crippen LogP contribution in [0.5, 0.6) is 0 Å². The number of hydrogen-bond acceptors (Lipinski definition) is 3. The summed E-state index contributed by atoms with van der Waals surface area (Å²) in [7, 11) is 1.83. The van der Waals surface area contributed by atoms with Crippen LogP contribution in [0.15, 0.2) is 24.5 Å². The van der Waals surface area contributed by atoms with Gasteiger partial charge in [0.05, 0.1) is 5.56 Å². The maximum atomic E-state index is 13.7. The van der Waals surface area contributed by atoms with Gasteiger partial charge in [0, 0.05) is 20.0 Å². The summed E-state index contributed by atoms with van der Waals surface area (Å²) < 4.78 is 15.5. The number of nitrogens with one attached hydrogen (secondary N) is 1. The van der Waals surface area contributed by atoms with Crippen LogP contribution < -0.4 is 5.32 Å². The van der Waals surface area contributed by atoms with E-state index in [9.17, 15) is 9.18 Å². The standard InChI is InChI=1S/C13H15FN4O/c1-9-4-3-5-10(12(9)14)13(19)15-7-6-11-17-16-8-18(11)2/h3-5,8H,6-7H2,1-2H3,(H,15,19). The van der Waals surface area contributed by atoms with Crippen molar-refractivity contribution in [3.63, 3.8) is 0 Å². The van der Waals surface area contributed by atoms with E-state index < -0.39 is 11.7 Å². The summed E-state index contributed by atoms with van der Waals surface area (Å²) >= 11 is 0. The molecule has 0 fully saturated rings. The monoisotopic (exact) mass is 262 g/mol. The van der Waals surface area contributed by atoms with Gasteiger partial charge in [-0.15, -0.1) is 10.2 Å². The molecule has 100 valence electrons. The van der Waals surface area contributed by atoms with Gasteiger partial charge < -0.3 is 9.88 Å². The summed E-state index contributed by atoms with van der Waals surface area (Å²) in [5.74, 6) is -0.118. The molecule has 0 radical (unpaired) electrons. The molecule has 0 spiro atoms. The van der Waals surface area contributed by atoms with Gasteiger partial charge in [0.2, 0.25) is 0 Å². The summed E-state index contributed by atoms with van der Waals surface area (Å²) in [6.07, 6.45) is 2.15. The predicted octanol–water partition coefficient (Wildman–Crippen LogP) is 1.24. The second-order valence-electron chi connectivity index (χ2n) is 4.30. The van der Waals surface area contributed by atoms with Crippen LogP contribution in [-0.2, 0) is 13.5 Å². The second-order valence-corrected chi connectivity index (χ2v) is 4.30. The molecule has 0 bridgehead atoms. The third kappa shape index (κ3) is 2.96. The van der Waals surface area contributed by atoms with Crippen LogP contribution in [0.1, 0.15) is 21.7 Å². The van der Waals surface area contributed by atoms with E-state index >= 15 is 0 Å². The van der Waals surface area contributed by atoms with E-state index in [1.807, 2.05) is 7.05 Å². The number of halogens is 1. The number of carbonyl (C=O) groups is 1. The van der Waals surface area contributed by atoms with Crippen LogP contribution in [0.2, 0.25) is 0 Å². The van der Waals surface area contributed by atoms with Crippen LogP contribution in [-0.4, -0.2) is 27.2 Å². The van der Waals surface area contributed by atoms with Gasteiger partial charge in [0.15, 0.2) is 0 Å². The third-order valence-electron chi connectivity index (χ3n) is 2.88. The highest BCUT2D eigenvalue weighted by atomic mass is 19.1. The Morgan fingerprint density at radius 2 is 2.26 bits per heavy atom. The minimum absolute atomic E-state index is 0.0676. The molecule has 0 saturated heterocycles. The lowest BCUT2D eigenvalue weighted by Gasteiger charge is -2.07. The zero-order valence-electron chi connectivity index (χ0n) is 10.9. The van der Waals surface area contributed by atoms with Gasteiger partial charge in [-0.05, 0) is 18.6 Å². The maximum Gasteiger partial charge on any atom is 0.254 e. The molecule has 5 nitrogen and oxygen atoms in total. The Morgan fingerprint density at radius 1 is 1.47 bits per heavy atom. The first-order chi connectivity index (χ1) is 9.09. The highest BCUT2D eigenvalue weighted by Crippen LogP contribution is 2.11. The molecule has 6 heteroatoms. The number of aromatic nitrogens is 3. The van der Waals surface area contributed by atoms with Crippen molar-refractivity contribution in [1.82, 2.24) is 20.1 Å². The fourth-order valence-corrected chi connectivity index (χ4v) is 1.74. The molecule has 1 heterocycles. The quantitative estimate of drug-likeness (QED) is 0.901. The lowest BCUT2D eigenvalue weighted by Crippen LogP contribution is -2.27. The number of carbonyl (C=O) groups excluding carboxylic acids is 1. The number of amides is 1. The van der Waals surface area contributed by atoms with Crippen molar-refractivity contribution in [3.8, 4) is 0 Å². The van der Waals surface area contributed by atoms with E-state index in [1.54, 1.807) is 30.0 Å². The molecule has 0 atom stereocenters. The highest BCUT2D eigenvalue weighted by Gasteiger charge is 2.12. The van der Waals surface area contributed by atoms with E-state index in [2.05, 4.69) is 15.5 Å². The van der Waals surface area contributed by atoms with E-state index in [-0.39, 0.29) is 5.56 Å². The first-order valence-electron chi connectivity index (χ1n) is 5.96. The van der Waals surface area contributed by atoms with E-state index in [1.165, 1.54) is 6.07 Å². The average Bonchev–Trinajstić information content (AvgIpc) is 2.78. The highest BCUT2D eigenvalue weighted by molar-refractivity contribution is 5.94. The maximum absolute atomic E-state index is 13.7. The van der Waals surface area contributed by atoms with Gasteiger partial charge in [-0.2, -0.15) is 0 Å². The van der Waals surface area contributed by atoms with Crippen molar-refractivity contribution >= 4 is 5.91 Å². The fourth-order valence-electron chi connectivity index (χ4n) is 1.74. The zero-order valence-corrected chi connectivity index (χ0v) is 10.9. The molecule has 1 amide bonds. The molecule has 2 aromatic rings. The molecule has 0 unspecified atom stereocenters. The third-order valence-corrected chi connectivity index (χ3v) is 2.88. The van der Waals surface area contributed by atoms with Gasteiger partial charge >= 0.3 is 0 Å². The smallest absolute Gasteiger partial charge is 0.254 e. The Hall–Kier alpha value is -2.24. The van der Waals surface area contributed by atoms with E-state index in [0.29, 0.717) is 18.5 Å². The Kier molecular flexibility index (Phi) is 3.89. The topological polar surface area (TPSA) is 59.8 Å². The number of aryl methyl sites for hydroxylation is 2. The Bertz CT molecular complexity index is 594. The van der Waals surface area contributed by atoms with Gasteiger partial charge in [0.25, 0.3) is 5.91 Å². The minimum Gasteiger partial charge on any atom is -0.351 e. The van der Waals surface area contributed by atoms with E-state index in [4.69, 9.17) is 0 Å². The largest absolute Gasteiger partial charge is 0.351 e. The predicted molar refractivity (Wildman–Crippen MR) is 68.2 cm³/mol. The summed E-state index contributed by atoms with van der Waals surface area (Å²) in [5, 5.41) is 10.3. The summed E-state index contributed by atoms with van der Waals surface area (Å²) in [5.41, 5.74) is 0.527. The number of benzene rings is 1. The molecular formula is C13H15FN4O. The lowest BCUT2D eigenvalue weighted by molar-refractivity contribution is 0.0949. The first kappa shape index (κ1) is 13.2. The Morgan fingerprint density at radius 3 is 2.95 bits per heavy atom. The zero-order chi connectivity index (χ0) is 13.8. The molecule has 19 heavy (non-hydrogen) atoms. The number of rotatable bonds is 4. The Balaban J connectivity index is 1.95. The van der Waals surface area contributed by atoms with Crippen molar-refractivity contribution in [2.45, 2.75) is 13.3 Å². The second kappa shape index (κ2) is 5.60. The number of hydrogen-bond donors (Lipinski definition) is 1. The van der Waals surface area contributed by atoms with Crippen molar-refractivity contribution in [1.29, 1.82) is 0 Å². The van der Waals surface area contributed by atoms with Crippen LogP contribution in [0, 0.1) is 12.7 Å². The summed E-state index contributed by atoms with van der Waals surface area (Å²) in [6.45, 7) is 2.02. The lowest BCUT2D eigenvalue weighted by atomic mass is 10.1. The van der Waals surface area contributed by atoms with Gasteiger partial charge in [-0.1, -0.05) is 12.1 Å². The molecule has 0 aliphatic heterocycles. The summed E-state index contributed by atoms with van der Waals surface area (Å²) in [6, 6.07) is 4.77. The normalized spacial score (nSPS) is 10.5. The first-order valence-corrected chi connectivity index (χ1v) is 5.96. The molecule has 2 rings (SSSR count). The summed E-state index contributed by atoms with van der Waals surface area (Å²) in [4.78, 5) is 11.8. The average molecular weight is 262 g/mol. The Labute approximate surface area is 110 Å². The van der Waals surface area contributed by atoms with Crippen molar-refractivity contribution in [3.05, 3.63) is 47.3 Å². The van der Waals surface area contributed by atoms with Gasteiger partial charge in [-0.25, -0.2) is 4.39 Å². The van der Waals surface area contributed by atoms with Crippen molar-refractivity contribution in [2.75, 3.05) is 6.54 Å². The number of nitrogens with zero attached hydrogens (tertiary/aromatic N) is 3. The molecule has 1 aromatic heterocycles. The minimum atomic E-state index is -0.473.